The van der Waals surface area contributed by atoms with Gasteiger partial charge in [0.1, 0.15) is 6.10 Å². The molecular formula is C16H22O2. The van der Waals surface area contributed by atoms with Crippen molar-refractivity contribution in [2.75, 3.05) is 0 Å². The number of hydrogen-bond acceptors (Lipinski definition) is 2. The van der Waals surface area contributed by atoms with Gasteiger partial charge in [0.2, 0.25) is 0 Å². The number of benzene rings is 1. The summed E-state index contributed by atoms with van der Waals surface area (Å²) in [5.74, 6) is -0.163. The Balaban J connectivity index is 1.89. The van der Waals surface area contributed by atoms with Gasteiger partial charge in [-0.15, -0.1) is 0 Å². The third kappa shape index (κ3) is 3.59. The number of carbonyl (C=O) groups excluding carboxylic acids is 1. The van der Waals surface area contributed by atoms with Gasteiger partial charge in [-0.2, -0.15) is 0 Å². The maximum absolute atomic E-state index is 11.9. The van der Waals surface area contributed by atoms with E-state index in [-0.39, 0.29) is 12.1 Å². The van der Waals surface area contributed by atoms with Crippen molar-refractivity contribution >= 4 is 5.97 Å². The average Bonchev–Trinajstić information content (AvgIpc) is 2.89. The third-order valence-electron chi connectivity index (χ3n) is 3.58. The van der Waals surface area contributed by atoms with Crippen molar-refractivity contribution in [3.8, 4) is 0 Å². The monoisotopic (exact) mass is 246 g/mol. The fraction of sp³-hybridized carbons (Fsp3) is 0.562. The Bertz CT molecular complexity index is 375. The second-order valence-electron chi connectivity index (χ2n) is 5.11. The van der Waals surface area contributed by atoms with Crippen LogP contribution in [0.3, 0.4) is 0 Å². The molecule has 2 heteroatoms. The van der Waals surface area contributed by atoms with E-state index in [1.165, 1.54) is 31.2 Å². The van der Waals surface area contributed by atoms with Crippen molar-refractivity contribution in [1.82, 2.24) is 0 Å². The summed E-state index contributed by atoms with van der Waals surface area (Å²) >= 11 is 0. The number of carbonyl (C=O) groups is 1. The Kier molecular flexibility index (Phi) is 4.80. The fourth-order valence-electron chi connectivity index (χ4n) is 2.41. The summed E-state index contributed by atoms with van der Waals surface area (Å²) in [5.41, 5.74) is 1.98. The van der Waals surface area contributed by atoms with Gasteiger partial charge >= 0.3 is 5.97 Å². The zero-order valence-corrected chi connectivity index (χ0v) is 11.2. The van der Waals surface area contributed by atoms with Crippen molar-refractivity contribution in [3.63, 3.8) is 0 Å². The minimum Gasteiger partial charge on any atom is -0.459 e. The van der Waals surface area contributed by atoms with Gasteiger partial charge in [0.25, 0.3) is 0 Å². The van der Waals surface area contributed by atoms with Crippen molar-refractivity contribution in [1.29, 1.82) is 0 Å². The molecule has 0 radical (unpaired) electrons. The molecule has 0 heterocycles. The second-order valence-corrected chi connectivity index (χ2v) is 5.11. The molecule has 1 aliphatic rings. The first-order valence-corrected chi connectivity index (χ1v) is 7.09. The van der Waals surface area contributed by atoms with Crippen molar-refractivity contribution in [2.24, 2.45) is 0 Å². The minimum atomic E-state index is -0.163. The molecule has 0 bridgehead atoms. The maximum Gasteiger partial charge on any atom is 0.338 e. The predicted octanol–water partition coefficient (Wildman–Crippen LogP) is 4.13. The van der Waals surface area contributed by atoms with Gasteiger partial charge in [0, 0.05) is 0 Å². The molecule has 1 saturated carbocycles. The summed E-state index contributed by atoms with van der Waals surface area (Å²) < 4.78 is 5.48. The van der Waals surface area contributed by atoms with E-state index in [0.717, 1.165) is 19.3 Å². The van der Waals surface area contributed by atoms with E-state index in [2.05, 4.69) is 6.92 Å². The number of unbranched alkanes of at least 4 members (excludes halogenated alkanes) is 1. The molecule has 1 fully saturated rings. The van der Waals surface area contributed by atoms with Crippen LogP contribution in [-0.4, -0.2) is 12.1 Å². The van der Waals surface area contributed by atoms with Gasteiger partial charge in [0.15, 0.2) is 0 Å². The first-order valence-electron chi connectivity index (χ1n) is 7.09. The van der Waals surface area contributed by atoms with Gasteiger partial charge in [-0.25, -0.2) is 4.79 Å². The van der Waals surface area contributed by atoms with Crippen LogP contribution in [0.15, 0.2) is 24.3 Å². The molecule has 98 valence electrons. The molecule has 0 aliphatic heterocycles. The number of aryl methyl sites for hydroxylation is 1. The lowest BCUT2D eigenvalue weighted by molar-refractivity contribution is 0.0318. The first kappa shape index (κ1) is 13.1. The number of rotatable bonds is 5. The highest BCUT2D eigenvalue weighted by Gasteiger charge is 2.19. The van der Waals surface area contributed by atoms with Crippen LogP contribution in [0.1, 0.15) is 61.4 Å². The molecule has 1 aromatic rings. The molecular weight excluding hydrogens is 224 g/mol. The number of esters is 1. The van der Waals surface area contributed by atoms with Crippen LogP contribution in [0.4, 0.5) is 0 Å². The third-order valence-corrected chi connectivity index (χ3v) is 3.58. The quantitative estimate of drug-likeness (QED) is 0.730. The standard InChI is InChI=1S/C16H22O2/c1-2-3-6-13-9-11-14(12-10-13)16(17)18-15-7-4-5-8-15/h9-12,15H,2-8H2,1H3. The maximum atomic E-state index is 11.9. The van der Waals surface area contributed by atoms with Gasteiger partial charge < -0.3 is 4.74 Å². The highest BCUT2D eigenvalue weighted by molar-refractivity contribution is 5.89. The van der Waals surface area contributed by atoms with E-state index in [0.29, 0.717) is 5.56 Å². The van der Waals surface area contributed by atoms with Crippen LogP contribution in [-0.2, 0) is 11.2 Å². The average molecular weight is 246 g/mol. The molecule has 0 saturated heterocycles. The zero-order chi connectivity index (χ0) is 12.8. The van der Waals surface area contributed by atoms with E-state index in [9.17, 15) is 4.79 Å². The summed E-state index contributed by atoms with van der Waals surface area (Å²) in [7, 11) is 0. The van der Waals surface area contributed by atoms with E-state index in [4.69, 9.17) is 4.74 Å². The second kappa shape index (κ2) is 6.58. The molecule has 0 aromatic heterocycles. The summed E-state index contributed by atoms with van der Waals surface area (Å²) in [4.78, 5) is 11.9. The lowest BCUT2D eigenvalue weighted by Gasteiger charge is -2.11. The Morgan fingerprint density at radius 2 is 1.89 bits per heavy atom. The summed E-state index contributed by atoms with van der Waals surface area (Å²) in [6.45, 7) is 2.19. The first-order chi connectivity index (χ1) is 8.79. The van der Waals surface area contributed by atoms with Gasteiger partial charge in [-0.05, 0) is 56.2 Å². The fourth-order valence-corrected chi connectivity index (χ4v) is 2.41. The van der Waals surface area contributed by atoms with E-state index < -0.39 is 0 Å². The van der Waals surface area contributed by atoms with Crippen LogP contribution >= 0.6 is 0 Å². The van der Waals surface area contributed by atoms with Gasteiger partial charge in [0.05, 0.1) is 5.56 Å². The Morgan fingerprint density at radius 3 is 2.50 bits per heavy atom. The molecule has 2 rings (SSSR count). The van der Waals surface area contributed by atoms with E-state index >= 15 is 0 Å². The lowest BCUT2D eigenvalue weighted by Crippen LogP contribution is -2.14. The smallest absolute Gasteiger partial charge is 0.338 e. The molecule has 0 unspecified atom stereocenters. The molecule has 2 nitrogen and oxygen atoms in total. The van der Waals surface area contributed by atoms with Gasteiger partial charge in [-0.3, -0.25) is 0 Å². The minimum absolute atomic E-state index is 0.150. The van der Waals surface area contributed by atoms with Crippen LogP contribution in [0.5, 0.6) is 0 Å². The van der Waals surface area contributed by atoms with Crippen molar-refractivity contribution in [2.45, 2.75) is 58.0 Å². The molecule has 0 amide bonds. The topological polar surface area (TPSA) is 26.3 Å². The molecule has 0 atom stereocenters. The molecule has 1 aromatic carbocycles. The van der Waals surface area contributed by atoms with Crippen LogP contribution in [0, 0.1) is 0 Å². The SMILES string of the molecule is CCCCc1ccc(C(=O)OC2CCCC2)cc1. The normalized spacial score (nSPS) is 15.8. The van der Waals surface area contributed by atoms with Crippen LogP contribution < -0.4 is 0 Å². The number of ether oxygens (including phenoxy) is 1. The van der Waals surface area contributed by atoms with Gasteiger partial charge in [-0.1, -0.05) is 25.5 Å². The van der Waals surface area contributed by atoms with Crippen LogP contribution in [0.2, 0.25) is 0 Å². The van der Waals surface area contributed by atoms with Crippen molar-refractivity contribution < 1.29 is 9.53 Å². The molecule has 1 aliphatic carbocycles. The van der Waals surface area contributed by atoms with E-state index in [1.807, 2.05) is 24.3 Å². The Labute approximate surface area is 109 Å². The predicted molar refractivity (Wildman–Crippen MR) is 72.7 cm³/mol. The summed E-state index contributed by atoms with van der Waals surface area (Å²) in [5, 5.41) is 0. The summed E-state index contributed by atoms with van der Waals surface area (Å²) in [6, 6.07) is 7.87. The number of hydrogen-bond donors (Lipinski definition) is 0. The Morgan fingerprint density at radius 1 is 1.22 bits per heavy atom. The Hall–Kier alpha value is -1.31. The van der Waals surface area contributed by atoms with Crippen molar-refractivity contribution in [3.05, 3.63) is 35.4 Å². The molecule has 0 spiro atoms. The summed E-state index contributed by atoms with van der Waals surface area (Å²) in [6.07, 6.45) is 8.08. The van der Waals surface area contributed by atoms with Crippen LogP contribution in [0.25, 0.3) is 0 Å². The highest BCUT2D eigenvalue weighted by Crippen LogP contribution is 2.22. The lowest BCUT2D eigenvalue weighted by atomic mass is 10.1. The molecule has 18 heavy (non-hydrogen) atoms. The molecule has 0 N–H and O–H groups in total. The highest BCUT2D eigenvalue weighted by atomic mass is 16.5. The zero-order valence-electron chi connectivity index (χ0n) is 11.2. The largest absolute Gasteiger partial charge is 0.459 e. The van der Waals surface area contributed by atoms with E-state index in [1.54, 1.807) is 0 Å².